The summed E-state index contributed by atoms with van der Waals surface area (Å²) in [6, 6.07) is 7.63. The second kappa shape index (κ2) is 7.07. The predicted octanol–water partition coefficient (Wildman–Crippen LogP) is 3.10. The molecule has 2 aromatic rings. The van der Waals surface area contributed by atoms with E-state index in [1.165, 1.54) is 0 Å². The summed E-state index contributed by atoms with van der Waals surface area (Å²) in [6.07, 6.45) is 0.654. The van der Waals surface area contributed by atoms with E-state index in [0.29, 0.717) is 19.0 Å². The van der Waals surface area contributed by atoms with Gasteiger partial charge in [-0.1, -0.05) is 22.9 Å². The summed E-state index contributed by atoms with van der Waals surface area (Å²) < 4.78 is 31.6. The molecule has 1 aromatic carbocycles. The lowest BCUT2D eigenvalue weighted by molar-refractivity contribution is 0.162. The maximum Gasteiger partial charge on any atom is 0.288 e. The zero-order valence-electron chi connectivity index (χ0n) is 13.2. The van der Waals surface area contributed by atoms with Gasteiger partial charge in [0.25, 0.3) is 4.84 Å². The third kappa shape index (κ3) is 3.96. The maximum absolute atomic E-state index is 11.7. The van der Waals surface area contributed by atoms with Gasteiger partial charge in [-0.05, 0) is 49.4 Å². The SMILES string of the molecule is CCN(Cn1nc(-c2ccc(Br)cc2)oc1=S)C1CCS(=O)(=O)C1. The van der Waals surface area contributed by atoms with Crippen LogP contribution < -0.4 is 0 Å². The van der Waals surface area contributed by atoms with Crippen molar-refractivity contribution in [2.45, 2.75) is 26.1 Å². The molecule has 9 heteroatoms. The lowest BCUT2D eigenvalue weighted by Crippen LogP contribution is -2.37. The smallest absolute Gasteiger partial charge is 0.288 e. The molecule has 1 unspecified atom stereocenters. The molecule has 0 amide bonds. The van der Waals surface area contributed by atoms with Gasteiger partial charge in [0.2, 0.25) is 5.89 Å². The van der Waals surface area contributed by atoms with Crippen molar-refractivity contribution in [3.63, 3.8) is 0 Å². The Bertz CT molecular complexity index is 874. The molecule has 0 spiro atoms. The van der Waals surface area contributed by atoms with Gasteiger partial charge < -0.3 is 4.42 Å². The first kappa shape index (κ1) is 17.8. The summed E-state index contributed by atoms with van der Waals surface area (Å²) in [5, 5.41) is 4.44. The molecule has 2 heterocycles. The molecule has 1 saturated heterocycles. The third-order valence-corrected chi connectivity index (χ3v) is 6.72. The molecule has 0 saturated carbocycles. The van der Waals surface area contributed by atoms with Gasteiger partial charge in [-0.25, -0.2) is 13.1 Å². The van der Waals surface area contributed by atoms with Gasteiger partial charge in [-0.15, -0.1) is 5.10 Å². The normalized spacial score (nSPS) is 19.9. The van der Waals surface area contributed by atoms with Crippen molar-refractivity contribution in [1.82, 2.24) is 14.7 Å². The number of nitrogens with zero attached hydrogens (tertiary/aromatic N) is 3. The summed E-state index contributed by atoms with van der Waals surface area (Å²) in [4.78, 5) is 2.36. The summed E-state index contributed by atoms with van der Waals surface area (Å²) in [5.74, 6) is 0.913. The van der Waals surface area contributed by atoms with Crippen molar-refractivity contribution >= 4 is 38.0 Å². The average Bonchev–Trinajstić information content (AvgIpc) is 3.08. The van der Waals surface area contributed by atoms with Crippen molar-refractivity contribution in [2.24, 2.45) is 0 Å². The standard InChI is InChI=1S/C15H18BrN3O3S2/c1-2-18(13-7-8-24(20,21)9-13)10-19-15(23)22-14(17-19)11-3-5-12(16)6-4-11/h3-6,13H,2,7-10H2,1H3. The molecule has 0 N–H and O–H groups in total. The number of hydrogen-bond donors (Lipinski definition) is 0. The van der Waals surface area contributed by atoms with E-state index in [1.807, 2.05) is 31.2 Å². The van der Waals surface area contributed by atoms with E-state index in [1.54, 1.807) is 4.68 Å². The Kier molecular flexibility index (Phi) is 5.24. The molecule has 1 aliphatic heterocycles. The number of sulfone groups is 1. The fraction of sp³-hybridized carbons (Fsp3) is 0.467. The van der Waals surface area contributed by atoms with Crippen molar-refractivity contribution in [2.75, 3.05) is 18.1 Å². The van der Waals surface area contributed by atoms with Crippen LogP contribution >= 0.6 is 28.1 Å². The van der Waals surface area contributed by atoms with Gasteiger partial charge in [0.15, 0.2) is 9.84 Å². The Labute approximate surface area is 154 Å². The Morgan fingerprint density at radius 1 is 1.42 bits per heavy atom. The van der Waals surface area contributed by atoms with Crippen LogP contribution in [0.4, 0.5) is 0 Å². The summed E-state index contributed by atoms with van der Waals surface area (Å²) in [6.45, 7) is 3.16. The van der Waals surface area contributed by atoms with E-state index < -0.39 is 9.84 Å². The molecule has 0 radical (unpaired) electrons. The van der Waals surface area contributed by atoms with E-state index in [4.69, 9.17) is 16.6 Å². The Hall–Kier alpha value is -1.03. The van der Waals surface area contributed by atoms with Crippen LogP contribution in [0.2, 0.25) is 0 Å². The summed E-state index contributed by atoms with van der Waals surface area (Å²) >= 11 is 8.66. The quantitative estimate of drug-likeness (QED) is 0.677. The third-order valence-electron chi connectivity index (χ3n) is 4.14. The molecule has 1 aliphatic rings. The number of halogens is 1. The molecule has 0 bridgehead atoms. The van der Waals surface area contributed by atoms with E-state index in [9.17, 15) is 8.42 Å². The summed E-state index contributed by atoms with van der Waals surface area (Å²) in [7, 11) is -2.92. The van der Waals surface area contributed by atoms with Crippen molar-refractivity contribution < 1.29 is 12.8 Å². The Morgan fingerprint density at radius 3 is 2.71 bits per heavy atom. The fourth-order valence-electron chi connectivity index (χ4n) is 2.81. The van der Waals surface area contributed by atoms with Crippen LogP contribution in [-0.2, 0) is 16.5 Å². The minimum atomic E-state index is -2.92. The van der Waals surface area contributed by atoms with Crippen molar-refractivity contribution in [1.29, 1.82) is 0 Å². The van der Waals surface area contributed by atoms with Crippen molar-refractivity contribution in [3.8, 4) is 11.5 Å². The Morgan fingerprint density at radius 2 is 2.12 bits per heavy atom. The van der Waals surface area contributed by atoms with E-state index >= 15 is 0 Å². The molecular formula is C15H18BrN3O3S2. The molecule has 130 valence electrons. The van der Waals surface area contributed by atoms with E-state index in [-0.39, 0.29) is 22.4 Å². The average molecular weight is 432 g/mol. The monoisotopic (exact) mass is 431 g/mol. The highest BCUT2D eigenvalue weighted by atomic mass is 79.9. The van der Waals surface area contributed by atoms with Crippen LogP contribution in [0.15, 0.2) is 33.2 Å². The zero-order chi connectivity index (χ0) is 17.3. The minimum absolute atomic E-state index is 0.00901. The molecule has 1 fully saturated rings. The highest BCUT2D eigenvalue weighted by Gasteiger charge is 2.32. The van der Waals surface area contributed by atoms with Gasteiger partial charge in [0.05, 0.1) is 18.2 Å². The first-order valence-electron chi connectivity index (χ1n) is 7.66. The van der Waals surface area contributed by atoms with Crippen LogP contribution in [0.25, 0.3) is 11.5 Å². The summed E-state index contributed by atoms with van der Waals surface area (Å²) in [5.41, 5.74) is 0.842. The van der Waals surface area contributed by atoms with Crippen molar-refractivity contribution in [3.05, 3.63) is 33.6 Å². The molecule has 0 aliphatic carbocycles. The lowest BCUT2D eigenvalue weighted by atomic mass is 10.2. The second-order valence-corrected chi connectivity index (χ2v) is 9.28. The van der Waals surface area contributed by atoms with Crippen LogP contribution in [0.3, 0.4) is 0 Å². The molecule has 1 atom stereocenters. The van der Waals surface area contributed by atoms with E-state index in [2.05, 4.69) is 25.9 Å². The molecular weight excluding hydrogens is 414 g/mol. The largest absolute Gasteiger partial charge is 0.409 e. The van der Waals surface area contributed by atoms with Gasteiger partial charge >= 0.3 is 0 Å². The molecule has 6 nitrogen and oxygen atoms in total. The van der Waals surface area contributed by atoms with Crippen LogP contribution in [0.1, 0.15) is 13.3 Å². The van der Waals surface area contributed by atoms with Crippen LogP contribution in [0, 0.1) is 4.84 Å². The number of benzene rings is 1. The van der Waals surface area contributed by atoms with Gasteiger partial charge in [-0.3, -0.25) is 4.90 Å². The first-order valence-corrected chi connectivity index (χ1v) is 10.7. The fourth-order valence-corrected chi connectivity index (χ4v) is 5.02. The van der Waals surface area contributed by atoms with Gasteiger partial charge in [0, 0.05) is 16.1 Å². The topological polar surface area (TPSA) is 68.3 Å². The first-order chi connectivity index (χ1) is 11.4. The number of hydrogen-bond acceptors (Lipinski definition) is 6. The highest BCUT2D eigenvalue weighted by molar-refractivity contribution is 9.10. The lowest BCUT2D eigenvalue weighted by Gasteiger charge is -2.25. The Balaban J connectivity index is 1.80. The van der Waals surface area contributed by atoms with Gasteiger partial charge in [0.1, 0.15) is 0 Å². The second-order valence-electron chi connectivity index (χ2n) is 5.78. The molecule has 24 heavy (non-hydrogen) atoms. The zero-order valence-corrected chi connectivity index (χ0v) is 16.4. The van der Waals surface area contributed by atoms with E-state index in [0.717, 1.165) is 16.6 Å². The number of aromatic nitrogens is 2. The molecule has 3 rings (SSSR count). The number of rotatable bonds is 5. The minimum Gasteiger partial charge on any atom is -0.409 e. The van der Waals surface area contributed by atoms with Gasteiger partial charge in [-0.2, -0.15) is 0 Å². The molecule has 1 aromatic heterocycles. The maximum atomic E-state index is 11.7. The predicted molar refractivity (Wildman–Crippen MR) is 97.9 cm³/mol. The van der Waals surface area contributed by atoms with Crippen LogP contribution in [0.5, 0.6) is 0 Å². The highest BCUT2D eigenvalue weighted by Crippen LogP contribution is 2.22. The van der Waals surface area contributed by atoms with Crippen LogP contribution in [-0.4, -0.2) is 47.2 Å².